The van der Waals surface area contributed by atoms with Crippen LogP contribution in [0.4, 0.5) is 4.79 Å². The van der Waals surface area contributed by atoms with Crippen molar-refractivity contribution in [3.63, 3.8) is 0 Å². The molecule has 0 aromatic carbocycles. The zero-order valence-electron chi connectivity index (χ0n) is 12.0. The van der Waals surface area contributed by atoms with Crippen LogP contribution in [0.5, 0.6) is 0 Å². The van der Waals surface area contributed by atoms with E-state index in [0.717, 1.165) is 0 Å². The van der Waals surface area contributed by atoms with Crippen molar-refractivity contribution in [2.75, 3.05) is 11.5 Å². The van der Waals surface area contributed by atoms with Crippen LogP contribution in [-0.2, 0) is 14.6 Å². The number of hydrogen-bond donors (Lipinski definition) is 3. The van der Waals surface area contributed by atoms with Gasteiger partial charge in [-0.05, 0) is 19.3 Å². The first-order chi connectivity index (χ1) is 9.08. The number of hydrogen-bond acceptors (Lipinski definition) is 4. The van der Waals surface area contributed by atoms with E-state index in [0.29, 0.717) is 12.8 Å². The van der Waals surface area contributed by atoms with Crippen LogP contribution in [0.3, 0.4) is 0 Å². The van der Waals surface area contributed by atoms with E-state index in [-0.39, 0.29) is 17.4 Å². The molecule has 0 radical (unpaired) electrons. The molecule has 3 N–H and O–H groups in total. The van der Waals surface area contributed by atoms with Gasteiger partial charge >= 0.3 is 12.0 Å². The van der Waals surface area contributed by atoms with Gasteiger partial charge in [0.2, 0.25) is 0 Å². The van der Waals surface area contributed by atoms with Crippen LogP contribution in [0, 0.1) is 5.92 Å². The highest BCUT2D eigenvalue weighted by Crippen LogP contribution is 2.22. The summed E-state index contributed by atoms with van der Waals surface area (Å²) in [6.45, 7) is 5.22. The highest BCUT2D eigenvalue weighted by atomic mass is 32.2. The number of sulfone groups is 1. The van der Waals surface area contributed by atoms with E-state index in [1.807, 2.05) is 6.92 Å². The zero-order chi connectivity index (χ0) is 15.6. The van der Waals surface area contributed by atoms with E-state index in [2.05, 4.69) is 10.6 Å². The first-order valence-corrected chi connectivity index (χ1v) is 8.42. The maximum Gasteiger partial charge on any atom is 0.326 e. The molecule has 1 aliphatic rings. The maximum atomic E-state index is 11.9. The summed E-state index contributed by atoms with van der Waals surface area (Å²) in [6, 6.07) is -1.63. The quantitative estimate of drug-likeness (QED) is 0.679. The molecule has 116 valence electrons. The van der Waals surface area contributed by atoms with Gasteiger partial charge in [0.15, 0.2) is 9.84 Å². The lowest BCUT2D eigenvalue weighted by molar-refractivity contribution is -0.140. The minimum Gasteiger partial charge on any atom is -0.480 e. The molecule has 1 saturated heterocycles. The van der Waals surface area contributed by atoms with Gasteiger partial charge in [0.25, 0.3) is 0 Å². The second-order valence-electron chi connectivity index (χ2n) is 5.70. The van der Waals surface area contributed by atoms with Crippen molar-refractivity contribution in [3.8, 4) is 0 Å². The monoisotopic (exact) mass is 306 g/mol. The second kappa shape index (κ2) is 5.99. The lowest BCUT2D eigenvalue weighted by Gasteiger charge is -2.27. The van der Waals surface area contributed by atoms with Crippen LogP contribution in [0.1, 0.15) is 33.6 Å². The summed E-state index contributed by atoms with van der Waals surface area (Å²) in [5.74, 6) is -1.39. The molecule has 1 aliphatic heterocycles. The van der Waals surface area contributed by atoms with Gasteiger partial charge in [0.05, 0.1) is 17.0 Å². The maximum absolute atomic E-state index is 11.9. The van der Waals surface area contributed by atoms with Gasteiger partial charge in [-0.3, -0.25) is 0 Å². The zero-order valence-corrected chi connectivity index (χ0v) is 12.8. The minimum atomic E-state index is -3.12. The third-order valence-corrected chi connectivity index (χ3v) is 5.59. The molecule has 0 saturated carbocycles. The first kappa shape index (κ1) is 16.7. The average Bonchev–Trinajstić information content (AvgIpc) is 2.58. The fourth-order valence-electron chi connectivity index (χ4n) is 2.24. The molecule has 1 heterocycles. The molecule has 0 aromatic rings. The Hall–Kier alpha value is -1.31. The third-order valence-electron chi connectivity index (χ3n) is 3.68. The summed E-state index contributed by atoms with van der Waals surface area (Å²) in [5.41, 5.74) is -0.832. The van der Waals surface area contributed by atoms with Gasteiger partial charge in [-0.15, -0.1) is 0 Å². The Morgan fingerprint density at radius 1 is 1.40 bits per heavy atom. The highest BCUT2D eigenvalue weighted by Gasteiger charge is 2.40. The minimum absolute atomic E-state index is 0.0392. The molecule has 0 aliphatic carbocycles. The van der Waals surface area contributed by atoms with Gasteiger partial charge in [-0.2, -0.15) is 0 Å². The number of amides is 2. The van der Waals surface area contributed by atoms with Crippen LogP contribution in [-0.4, -0.2) is 48.6 Å². The Kier molecular flexibility index (Phi) is 5.01. The van der Waals surface area contributed by atoms with Crippen molar-refractivity contribution in [3.05, 3.63) is 0 Å². The molecule has 0 aromatic heterocycles. The highest BCUT2D eigenvalue weighted by molar-refractivity contribution is 7.91. The van der Waals surface area contributed by atoms with Gasteiger partial charge in [0.1, 0.15) is 6.04 Å². The number of rotatable bonds is 5. The van der Waals surface area contributed by atoms with E-state index in [4.69, 9.17) is 5.11 Å². The Morgan fingerprint density at radius 3 is 2.40 bits per heavy atom. The molecule has 0 spiro atoms. The smallest absolute Gasteiger partial charge is 0.326 e. The summed E-state index contributed by atoms with van der Waals surface area (Å²) in [4.78, 5) is 23.0. The number of carbonyl (C=O) groups is 2. The molecule has 20 heavy (non-hydrogen) atoms. The van der Waals surface area contributed by atoms with Gasteiger partial charge < -0.3 is 15.7 Å². The fourth-order valence-corrected chi connectivity index (χ4v) is 4.34. The standard InChI is InChI=1S/C12H22N2O5S/c1-4-8(2)9(10(15)16)13-11(17)14-12(3)5-6-20(18,19)7-12/h8-9H,4-7H2,1-3H3,(H,15,16)(H2,13,14,17). The van der Waals surface area contributed by atoms with E-state index in [1.54, 1.807) is 13.8 Å². The predicted molar refractivity (Wildman–Crippen MR) is 74.2 cm³/mol. The van der Waals surface area contributed by atoms with Crippen LogP contribution in [0.25, 0.3) is 0 Å². The summed E-state index contributed by atoms with van der Waals surface area (Å²) < 4.78 is 22.9. The van der Waals surface area contributed by atoms with Crippen LogP contribution < -0.4 is 10.6 Å². The normalized spacial score (nSPS) is 27.6. The lowest BCUT2D eigenvalue weighted by Crippen LogP contribution is -2.55. The summed E-state index contributed by atoms with van der Waals surface area (Å²) >= 11 is 0. The van der Waals surface area contributed by atoms with Gasteiger partial charge in [-0.1, -0.05) is 20.3 Å². The fraction of sp³-hybridized carbons (Fsp3) is 0.833. The topological polar surface area (TPSA) is 113 Å². The number of nitrogens with one attached hydrogen (secondary N) is 2. The number of carboxylic acids is 1. The van der Waals surface area contributed by atoms with Crippen LogP contribution in [0.15, 0.2) is 0 Å². The number of carboxylic acid groups (broad SMARTS) is 1. The largest absolute Gasteiger partial charge is 0.480 e. The van der Waals surface area contributed by atoms with Crippen molar-refractivity contribution in [1.29, 1.82) is 0 Å². The van der Waals surface area contributed by atoms with E-state index in [9.17, 15) is 18.0 Å². The first-order valence-electron chi connectivity index (χ1n) is 6.60. The van der Waals surface area contributed by atoms with Gasteiger partial charge in [0, 0.05) is 0 Å². The summed E-state index contributed by atoms with van der Waals surface area (Å²) in [6.07, 6.45) is 0.951. The van der Waals surface area contributed by atoms with Crippen molar-refractivity contribution < 1.29 is 23.1 Å². The van der Waals surface area contributed by atoms with E-state index >= 15 is 0 Å². The number of carbonyl (C=O) groups excluding carboxylic acids is 1. The lowest BCUT2D eigenvalue weighted by atomic mass is 9.99. The van der Waals surface area contributed by atoms with Crippen LogP contribution >= 0.6 is 0 Å². The Bertz CT molecular complexity index is 490. The summed E-state index contributed by atoms with van der Waals surface area (Å²) in [5, 5.41) is 14.1. The van der Waals surface area contributed by atoms with E-state index < -0.39 is 33.4 Å². The average molecular weight is 306 g/mol. The molecular formula is C12H22N2O5S. The van der Waals surface area contributed by atoms with Gasteiger partial charge in [-0.25, -0.2) is 18.0 Å². The summed E-state index contributed by atoms with van der Waals surface area (Å²) in [7, 11) is -3.12. The molecule has 2 amide bonds. The SMILES string of the molecule is CCC(C)C(NC(=O)NC1(C)CCS(=O)(=O)C1)C(=O)O. The Labute approximate surface area is 119 Å². The molecular weight excluding hydrogens is 284 g/mol. The van der Waals surface area contributed by atoms with Crippen LogP contribution in [0.2, 0.25) is 0 Å². The molecule has 3 atom stereocenters. The third kappa shape index (κ3) is 4.36. The van der Waals surface area contributed by atoms with Crippen molar-refractivity contribution in [2.45, 2.75) is 45.2 Å². The van der Waals surface area contributed by atoms with Crippen molar-refractivity contribution in [2.24, 2.45) is 5.92 Å². The molecule has 3 unspecified atom stereocenters. The van der Waals surface area contributed by atoms with Crippen molar-refractivity contribution >= 4 is 21.8 Å². The Morgan fingerprint density at radius 2 is 2.00 bits per heavy atom. The molecule has 1 rings (SSSR count). The molecule has 0 bridgehead atoms. The second-order valence-corrected chi connectivity index (χ2v) is 7.89. The van der Waals surface area contributed by atoms with E-state index in [1.165, 1.54) is 0 Å². The molecule has 8 heteroatoms. The molecule has 1 fully saturated rings. The Balaban J connectivity index is 2.65. The van der Waals surface area contributed by atoms with Crippen molar-refractivity contribution in [1.82, 2.24) is 10.6 Å². The predicted octanol–water partition coefficient (Wildman–Crippen LogP) is 0.362. The molecule has 7 nitrogen and oxygen atoms in total. The number of aliphatic carboxylic acids is 1. The number of urea groups is 1.